The zero-order valence-corrected chi connectivity index (χ0v) is 15.8. The molecule has 0 amide bonds. The van der Waals surface area contributed by atoms with Crippen LogP contribution in [0.15, 0.2) is 32.5 Å². The molecule has 1 aliphatic heterocycles. The topological polar surface area (TPSA) is 72.4 Å². The minimum atomic E-state index is -3.49. The van der Waals surface area contributed by atoms with Crippen molar-refractivity contribution in [3.8, 4) is 6.01 Å². The molecule has 0 aromatic carbocycles. The zero-order valence-electron chi connectivity index (χ0n) is 11.9. The van der Waals surface area contributed by atoms with E-state index in [-0.39, 0.29) is 18.7 Å². The van der Waals surface area contributed by atoms with E-state index in [1.165, 1.54) is 28.0 Å². The highest BCUT2D eigenvalue weighted by atomic mass is 79.9. The first-order valence-corrected chi connectivity index (χ1v) is 10.3. The van der Waals surface area contributed by atoms with E-state index < -0.39 is 10.0 Å². The molecule has 1 atom stereocenters. The molecule has 3 rings (SSSR count). The first-order chi connectivity index (χ1) is 10.9. The van der Waals surface area contributed by atoms with E-state index in [0.717, 1.165) is 16.6 Å². The van der Waals surface area contributed by atoms with Crippen molar-refractivity contribution in [2.24, 2.45) is 0 Å². The predicted molar refractivity (Wildman–Crippen MR) is 91.5 cm³/mol. The highest BCUT2D eigenvalue weighted by Crippen LogP contribution is 2.30. The number of sulfonamides is 1. The Morgan fingerprint density at radius 2 is 2.09 bits per heavy atom. The molecular formula is C13H13BrClN3O3S2. The fraction of sp³-hybridized carbons (Fsp3) is 0.385. The largest absolute Gasteiger partial charge is 0.459 e. The summed E-state index contributed by atoms with van der Waals surface area (Å²) in [7, 11) is -3.49. The molecule has 6 nitrogen and oxygen atoms in total. The maximum absolute atomic E-state index is 12.7. The molecule has 2 aromatic heterocycles. The number of hydrogen-bond donors (Lipinski definition) is 0. The van der Waals surface area contributed by atoms with Crippen LogP contribution in [0.25, 0.3) is 0 Å². The van der Waals surface area contributed by atoms with Crippen LogP contribution in [-0.2, 0) is 10.0 Å². The van der Waals surface area contributed by atoms with E-state index >= 15 is 0 Å². The van der Waals surface area contributed by atoms with Crippen LogP contribution in [0.4, 0.5) is 0 Å². The summed E-state index contributed by atoms with van der Waals surface area (Å²) in [4.78, 5) is 7.97. The van der Waals surface area contributed by atoms with E-state index in [1.807, 2.05) is 0 Å². The number of ether oxygens (including phenoxy) is 1. The van der Waals surface area contributed by atoms with Crippen LogP contribution in [0.1, 0.15) is 12.8 Å². The van der Waals surface area contributed by atoms with Gasteiger partial charge < -0.3 is 4.74 Å². The highest BCUT2D eigenvalue weighted by Gasteiger charge is 2.32. The summed E-state index contributed by atoms with van der Waals surface area (Å²) < 4.78 is 33.6. The second-order valence-corrected chi connectivity index (χ2v) is 10.1. The van der Waals surface area contributed by atoms with E-state index in [9.17, 15) is 8.42 Å². The summed E-state index contributed by atoms with van der Waals surface area (Å²) in [6.07, 6.45) is 4.11. The van der Waals surface area contributed by atoms with Gasteiger partial charge in [0, 0.05) is 6.54 Å². The second-order valence-electron chi connectivity index (χ2n) is 4.99. The Kier molecular flexibility index (Phi) is 5.22. The Hall–Kier alpha value is -0.740. The van der Waals surface area contributed by atoms with Gasteiger partial charge in [0.1, 0.15) is 10.3 Å². The maximum Gasteiger partial charge on any atom is 0.316 e. The van der Waals surface area contributed by atoms with Gasteiger partial charge in [-0.3, -0.25) is 0 Å². The van der Waals surface area contributed by atoms with E-state index in [4.69, 9.17) is 16.3 Å². The van der Waals surface area contributed by atoms with Crippen molar-refractivity contribution in [1.82, 2.24) is 14.3 Å². The average molecular weight is 439 g/mol. The third-order valence-corrected chi connectivity index (χ3v) is 7.50. The van der Waals surface area contributed by atoms with Gasteiger partial charge in [-0.1, -0.05) is 11.6 Å². The van der Waals surface area contributed by atoms with Gasteiger partial charge in [0.2, 0.25) is 0 Å². The molecule has 2 aromatic rings. The smallest absolute Gasteiger partial charge is 0.316 e. The molecule has 0 N–H and O–H groups in total. The molecule has 0 radical (unpaired) electrons. The molecule has 23 heavy (non-hydrogen) atoms. The van der Waals surface area contributed by atoms with Gasteiger partial charge in [0.25, 0.3) is 10.0 Å². The zero-order chi connectivity index (χ0) is 16.4. The SMILES string of the molecule is O=S(=O)(c1ccc(Br)s1)N1CCC[C@H](Oc2ncc(Cl)cn2)C1. The Morgan fingerprint density at radius 3 is 2.74 bits per heavy atom. The first-order valence-electron chi connectivity index (χ1n) is 6.85. The molecular weight excluding hydrogens is 426 g/mol. The minimum absolute atomic E-state index is 0.206. The number of hydrogen-bond acceptors (Lipinski definition) is 6. The van der Waals surface area contributed by atoms with Gasteiger partial charge in [-0.15, -0.1) is 11.3 Å². The van der Waals surface area contributed by atoms with Crippen LogP contribution in [0, 0.1) is 0 Å². The lowest BCUT2D eigenvalue weighted by Crippen LogP contribution is -2.44. The van der Waals surface area contributed by atoms with Gasteiger partial charge in [-0.05, 0) is 40.9 Å². The lowest BCUT2D eigenvalue weighted by atomic mass is 10.1. The van der Waals surface area contributed by atoms with Crippen molar-refractivity contribution in [3.63, 3.8) is 0 Å². The summed E-state index contributed by atoms with van der Waals surface area (Å²) in [5.41, 5.74) is 0. The van der Waals surface area contributed by atoms with E-state index in [2.05, 4.69) is 25.9 Å². The van der Waals surface area contributed by atoms with Crippen molar-refractivity contribution >= 4 is 48.9 Å². The number of rotatable bonds is 4. The van der Waals surface area contributed by atoms with Gasteiger partial charge >= 0.3 is 6.01 Å². The molecule has 1 aliphatic rings. The number of piperidine rings is 1. The van der Waals surface area contributed by atoms with E-state index in [0.29, 0.717) is 15.8 Å². The molecule has 0 bridgehead atoms. The molecule has 10 heteroatoms. The van der Waals surface area contributed by atoms with Gasteiger partial charge in [0.05, 0.1) is 27.7 Å². The first kappa shape index (κ1) is 17.1. The predicted octanol–water partition coefficient (Wildman–Crippen LogP) is 3.19. The molecule has 0 saturated carbocycles. The second kappa shape index (κ2) is 7.02. The third-order valence-electron chi connectivity index (χ3n) is 3.35. The maximum atomic E-state index is 12.7. The lowest BCUT2D eigenvalue weighted by Gasteiger charge is -2.31. The summed E-state index contributed by atoms with van der Waals surface area (Å²) in [5.74, 6) is 0. The monoisotopic (exact) mass is 437 g/mol. The van der Waals surface area contributed by atoms with Crippen molar-refractivity contribution < 1.29 is 13.2 Å². The van der Waals surface area contributed by atoms with Gasteiger partial charge in [-0.25, -0.2) is 18.4 Å². The standard InChI is InChI=1S/C13H13BrClN3O3S2/c14-11-3-4-12(22-11)23(19,20)18-5-1-2-10(8-18)21-13-16-6-9(15)7-17-13/h3-4,6-7,10H,1-2,5,8H2/t10-/m0/s1. The van der Waals surface area contributed by atoms with Gasteiger partial charge in [-0.2, -0.15) is 4.31 Å². The number of thiophene rings is 1. The van der Waals surface area contributed by atoms with Gasteiger partial charge in [0.15, 0.2) is 0 Å². The molecule has 3 heterocycles. The molecule has 0 spiro atoms. The van der Waals surface area contributed by atoms with Crippen molar-refractivity contribution in [1.29, 1.82) is 0 Å². The van der Waals surface area contributed by atoms with Crippen LogP contribution in [0.5, 0.6) is 6.01 Å². The molecule has 0 unspecified atom stereocenters. The molecule has 0 aliphatic carbocycles. The fourth-order valence-electron chi connectivity index (χ4n) is 2.29. The Balaban J connectivity index is 1.71. The molecule has 1 saturated heterocycles. The average Bonchev–Trinajstić information content (AvgIpc) is 2.97. The summed E-state index contributed by atoms with van der Waals surface area (Å²) in [6.45, 7) is 0.767. The quantitative estimate of drug-likeness (QED) is 0.733. The lowest BCUT2D eigenvalue weighted by molar-refractivity contribution is 0.119. The number of halogens is 2. The van der Waals surface area contributed by atoms with Crippen LogP contribution < -0.4 is 4.74 Å². The fourth-order valence-corrected chi connectivity index (χ4v) is 6.07. The van der Waals surface area contributed by atoms with E-state index in [1.54, 1.807) is 12.1 Å². The third kappa shape index (κ3) is 4.03. The number of nitrogens with zero attached hydrogens (tertiary/aromatic N) is 3. The van der Waals surface area contributed by atoms with Crippen LogP contribution >= 0.6 is 38.9 Å². The summed E-state index contributed by atoms with van der Waals surface area (Å²) >= 11 is 10.2. The van der Waals surface area contributed by atoms with Crippen LogP contribution in [0.2, 0.25) is 5.02 Å². The number of aromatic nitrogens is 2. The minimum Gasteiger partial charge on any atom is -0.459 e. The van der Waals surface area contributed by atoms with Crippen LogP contribution in [0.3, 0.4) is 0 Å². The van der Waals surface area contributed by atoms with Crippen molar-refractivity contribution in [3.05, 3.63) is 33.3 Å². The summed E-state index contributed by atoms with van der Waals surface area (Å²) in [6, 6.07) is 3.55. The Labute approximate surface area is 151 Å². The molecule has 1 fully saturated rings. The van der Waals surface area contributed by atoms with Crippen molar-refractivity contribution in [2.45, 2.75) is 23.2 Å². The highest BCUT2D eigenvalue weighted by molar-refractivity contribution is 9.11. The Bertz CT molecular complexity index is 782. The molecule has 124 valence electrons. The normalized spacial score (nSPS) is 19.7. The van der Waals surface area contributed by atoms with Crippen LogP contribution in [-0.4, -0.2) is 41.9 Å². The van der Waals surface area contributed by atoms with Crippen molar-refractivity contribution in [2.75, 3.05) is 13.1 Å². The Morgan fingerprint density at radius 1 is 1.35 bits per heavy atom. The summed E-state index contributed by atoms with van der Waals surface area (Å²) in [5, 5.41) is 0.425.